The van der Waals surface area contributed by atoms with Crippen LogP contribution in [-0.4, -0.2) is 44.1 Å². The summed E-state index contributed by atoms with van der Waals surface area (Å²) in [5.74, 6) is -0.273. The number of aromatic amines is 1. The maximum absolute atomic E-state index is 12.4. The summed E-state index contributed by atoms with van der Waals surface area (Å²) >= 11 is 0. The lowest BCUT2D eigenvalue weighted by molar-refractivity contribution is -0.142. The van der Waals surface area contributed by atoms with E-state index in [0.29, 0.717) is 0 Å². The number of nitrogens with zero attached hydrogens (tertiary/aromatic N) is 2. The summed E-state index contributed by atoms with van der Waals surface area (Å²) in [6.45, 7) is 2.23. The maximum Gasteiger partial charge on any atom is 0.326 e. The lowest BCUT2D eigenvalue weighted by Gasteiger charge is -2.33. The van der Waals surface area contributed by atoms with Gasteiger partial charge in [0.05, 0.1) is 24.3 Å². The molecule has 2 unspecified atom stereocenters. The molecule has 0 radical (unpaired) electrons. The van der Waals surface area contributed by atoms with E-state index in [1.165, 1.54) is 17.7 Å². The number of imidazole rings is 1. The Morgan fingerprint density at radius 1 is 1.57 bits per heavy atom. The van der Waals surface area contributed by atoms with Crippen LogP contribution in [0.3, 0.4) is 0 Å². The summed E-state index contributed by atoms with van der Waals surface area (Å²) in [4.78, 5) is 32.3. The molecule has 2 aliphatic rings. The molecule has 1 fully saturated rings. The molecule has 0 saturated heterocycles. The first-order valence-electron chi connectivity index (χ1n) is 7.35. The maximum atomic E-state index is 12.4. The number of nitrogens with one attached hydrogen (secondary N) is 2. The molecule has 2 atom stereocenters. The van der Waals surface area contributed by atoms with Gasteiger partial charge >= 0.3 is 12.0 Å². The lowest BCUT2D eigenvalue weighted by Crippen LogP contribution is -2.53. The number of fused-ring (bicyclic) bond motifs is 1. The Morgan fingerprint density at radius 2 is 2.33 bits per heavy atom. The third kappa shape index (κ3) is 3.01. The summed E-state index contributed by atoms with van der Waals surface area (Å²) in [6, 6.07) is -1.09. The number of carbonyl (C=O) groups excluding carboxylic acids is 1. The zero-order valence-corrected chi connectivity index (χ0v) is 12.0. The van der Waals surface area contributed by atoms with Gasteiger partial charge in [0, 0.05) is 12.5 Å². The van der Waals surface area contributed by atoms with Crippen molar-refractivity contribution in [3.63, 3.8) is 0 Å². The van der Waals surface area contributed by atoms with Crippen LogP contribution in [0.1, 0.15) is 37.6 Å². The predicted molar refractivity (Wildman–Crippen MR) is 74.6 cm³/mol. The third-order valence-corrected chi connectivity index (χ3v) is 4.20. The standard InChI is InChI=1S/C14H20N4O3/c1-8(4-9-2-3-9)17-14(21)18-6-11-10(15-7-16-11)5-12(18)13(19)20/h7-9,12H,2-6H2,1H3,(H,15,16)(H,17,21)(H,19,20). The van der Waals surface area contributed by atoms with Gasteiger partial charge in [0.1, 0.15) is 6.04 Å². The van der Waals surface area contributed by atoms with Gasteiger partial charge in [0.15, 0.2) is 0 Å². The molecule has 3 rings (SSSR count). The number of aliphatic carboxylic acids is 1. The van der Waals surface area contributed by atoms with Gasteiger partial charge in [0.25, 0.3) is 0 Å². The molecule has 1 aliphatic heterocycles. The van der Waals surface area contributed by atoms with Gasteiger partial charge in [-0.15, -0.1) is 0 Å². The molecule has 1 aromatic rings. The molecular formula is C14H20N4O3. The highest BCUT2D eigenvalue weighted by molar-refractivity contribution is 5.83. The Bertz CT molecular complexity index is 552. The minimum absolute atomic E-state index is 0.0719. The quantitative estimate of drug-likeness (QED) is 0.774. The summed E-state index contributed by atoms with van der Waals surface area (Å²) in [7, 11) is 0. The second-order valence-electron chi connectivity index (χ2n) is 6.04. The summed E-state index contributed by atoms with van der Waals surface area (Å²) < 4.78 is 0. The van der Waals surface area contributed by atoms with E-state index in [-0.39, 0.29) is 25.0 Å². The first-order valence-corrected chi connectivity index (χ1v) is 7.35. The van der Waals surface area contributed by atoms with Crippen molar-refractivity contribution in [2.45, 2.75) is 51.2 Å². The van der Waals surface area contributed by atoms with Gasteiger partial charge in [-0.1, -0.05) is 12.8 Å². The minimum Gasteiger partial charge on any atom is -0.480 e. The Kier molecular flexibility index (Phi) is 3.57. The number of hydrogen-bond donors (Lipinski definition) is 3. The molecule has 1 saturated carbocycles. The fraction of sp³-hybridized carbons (Fsp3) is 0.643. The molecule has 0 spiro atoms. The van der Waals surface area contributed by atoms with Gasteiger partial charge < -0.3 is 20.3 Å². The molecule has 2 heterocycles. The molecular weight excluding hydrogens is 272 g/mol. The number of aromatic nitrogens is 2. The van der Waals surface area contributed by atoms with Gasteiger partial charge in [-0.25, -0.2) is 14.6 Å². The Morgan fingerprint density at radius 3 is 3.00 bits per heavy atom. The van der Waals surface area contributed by atoms with Crippen molar-refractivity contribution in [2.75, 3.05) is 0 Å². The van der Waals surface area contributed by atoms with Gasteiger partial charge in [-0.05, 0) is 19.3 Å². The lowest BCUT2D eigenvalue weighted by atomic mass is 10.0. The molecule has 3 N–H and O–H groups in total. The topological polar surface area (TPSA) is 98.3 Å². The Hall–Kier alpha value is -2.05. The van der Waals surface area contributed by atoms with Crippen LogP contribution in [0, 0.1) is 5.92 Å². The van der Waals surface area contributed by atoms with Crippen molar-refractivity contribution in [3.05, 3.63) is 17.7 Å². The van der Waals surface area contributed by atoms with Gasteiger partial charge in [-0.2, -0.15) is 0 Å². The number of carboxylic acid groups (broad SMARTS) is 1. The van der Waals surface area contributed by atoms with Crippen molar-refractivity contribution >= 4 is 12.0 Å². The average Bonchev–Trinajstić information content (AvgIpc) is 3.11. The summed E-state index contributed by atoms with van der Waals surface area (Å²) in [5.41, 5.74) is 1.55. The highest BCUT2D eigenvalue weighted by Gasteiger charge is 2.36. The normalized spacial score (nSPS) is 22.5. The van der Waals surface area contributed by atoms with Crippen molar-refractivity contribution in [1.29, 1.82) is 0 Å². The minimum atomic E-state index is -0.992. The first kappa shape index (κ1) is 13.9. The van der Waals surface area contributed by atoms with Crippen molar-refractivity contribution < 1.29 is 14.7 Å². The largest absolute Gasteiger partial charge is 0.480 e. The van der Waals surface area contributed by atoms with Crippen LogP contribution in [-0.2, 0) is 17.8 Å². The SMILES string of the molecule is CC(CC1CC1)NC(=O)N1Cc2[nH]cnc2CC1C(=O)O. The molecule has 7 nitrogen and oxygen atoms in total. The zero-order valence-electron chi connectivity index (χ0n) is 12.0. The highest BCUT2D eigenvalue weighted by atomic mass is 16.4. The van der Waals surface area contributed by atoms with Crippen LogP contribution in [0.5, 0.6) is 0 Å². The van der Waals surface area contributed by atoms with E-state index < -0.39 is 12.0 Å². The molecule has 0 bridgehead atoms. The number of carbonyl (C=O) groups is 2. The van der Waals surface area contributed by atoms with Crippen molar-refractivity contribution in [1.82, 2.24) is 20.2 Å². The third-order valence-electron chi connectivity index (χ3n) is 4.20. The fourth-order valence-corrected chi connectivity index (χ4v) is 2.88. The Balaban J connectivity index is 1.69. The van der Waals surface area contributed by atoms with Gasteiger partial charge in [-0.3, -0.25) is 0 Å². The van der Waals surface area contributed by atoms with E-state index in [1.54, 1.807) is 6.33 Å². The van der Waals surface area contributed by atoms with E-state index in [9.17, 15) is 14.7 Å². The summed E-state index contributed by atoms with van der Waals surface area (Å²) in [6.07, 6.45) is 5.23. The van der Waals surface area contributed by atoms with Crippen molar-refractivity contribution in [2.24, 2.45) is 5.92 Å². The fourth-order valence-electron chi connectivity index (χ4n) is 2.88. The predicted octanol–water partition coefficient (Wildman–Crippen LogP) is 1.12. The zero-order chi connectivity index (χ0) is 15.0. The molecule has 2 amide bonds. The molecule has 21 heavy (non-hydrogen) atoms. The van der Waals surface area contributed by atoms with E-state index >= 15 is 0 Å². The number of amides is 2. The van der Waals surface area contributed by atoms with E-state index in [0.717, 1.165) is 23.7 Å². The Labute approximate surface area is 122 Å². The van der Waals surface area contributed by atoms with Gasteiger partial charge in [0.2, 0.25) is 0 Å². The van der Waals surface area contributed by atoms with Crippen LogP contribution in [0.2, 0.25) is 0 Å². The van der Waals surface area contributed by atoms with Crippen LogP contribution < -0.4 is 5.32 Å². The first-order chi connectivity index (χ1) is 10.0. The van der Waals surface area contributed by atoms with E-state index in [2.05, 4.69) is 15.3 Å². The van der Waals surface area contributed by atoms with Crippen LogP contribution in [0.4, 0.5) is 4.79 Å². The molecule has 1 aliphatic carbocycles. The smallest absolute Gasteiger partial charge is 0.326 e. The molecule has 114 valence electrons. The number of carboxylic acids is 1. The number of rotatable bonds is 4. The van der Waals surface area contributed by atoms with E-state index in [4.69, 9.17) is 0 Å². The van der Waals surface area contributed by atoms with Crippen molar-refractivity contribution in [3.8, 4) is 0 Å². The average molecular weight is 292 g/mol. The molecule has 1 aromatic heterocycles. The van der Waals surface area contributed by atoms with Crippen LogP contribution in [0.25, 0.3) is 0 Å². The molecule has 0 aromatic carbocycles. The number of hydrogen-bond acceptors (Lipinski definition) is 3. The van der Waals surface area contributed by atoms with Crippen LogP contribution >= 0.6 is 0 Å². The molecule has 7 heteroatoms. The summed E-state index contributed by atoms with van der Waals surface area (Å²) in [5, 5.41) is 12.3. The number of H-pyrrole nitrogens is 1. The van der Waals surface area contributed by atoms with Crippen LogP contribution in [0.15, 0.2) is 6.33 Å². The second kappa shape index (κ2) is 5.38. The highest BCUT2D eigenvalue weighted by Crippen LogP contribution is 2.33. The van der Waals surface area contributed by atoms with E-state index in [1.807, 2.05) is 6.92 Å². The second-order valence-corrected chi connectivity index (χ2v) is 6.04. The monoisotopic (exact) mass is 292 g/mol. The number of urea groups is 1.